The van der Waals surface area contributed by atoms with Gasteiger partial charge in [-0.3, -0.25) is 4.79 Å². The molecule has 0 saturated carbocycles. The number of ether oxygens (including phenoxy) is 1. The molecule has 4 rings (SSSR count). The van der Waals surface area contributed by atoms with Crippen LogP contribution in [-0.2, 0) is 26.2 Å². The lowest BCUT2D eigenvalue weighted by atomic mass is 10.1. The summed E-state index contributed by atoms with van der Waals surface area (Å²) in [5.41, 5.74) is 1.30. The summed E-state index contributed by atoms with van der Waals surface area (Å²) in [4.78, 5) is 24.7. The van der Waals surface area contributed by atoms with Crippen molar-refractivity contribution < 1.29 is 22.4 Å². The summed E-state index contributed by atoms with van der Waals surface area (Å²) in [6.45, 7) is 1.94. The smallest absolute Gasteiger partial charge is 0.336 e. The van der Waals surface area contributed by atoms with Crippen molar-refractivity contribution in [2.45, 2.75) is 37.3 Å². The lowest BCUT2D eigenvalue weighted by Crippen LogP contribution is -2.41. The number of esters is 1. The Morgan fingerprint density at radius 3 is 2.68 bits per heavy atom. The van der Waals surface area contributed by atoms with E-state index in [-0.39, 0.29) is 18.0 Å². The Labute approximate surface area is 184 Å². The van der Waals surface area contributed by atoms with Crippen molar-refractivity contribution in [3.8, 4) is 0 Å². The SMILES string of the molecule is Cc1ccc2c(COC(=O)[C@H]3CCCN3S(=O)(=O)c3ccc(Cl)cc3)cc(=O)oc2c1. The topological polar surface area (TPSA) is 93.9 Å². The monoisotopic (exact) mass is 461 g/mol. The van der Waals surface area contributed by atoms with Crippen LogP contribution >= 0.6 is 11.6 Å². The molecule has 3 aromatic rings. The number of carbonyl (C=O) groups is 1. The third-order valence-corrected chi connectivity index (χ3v) is 7.43. The summed E-state index contributed by atoms with van der Waals surface area (Å²) in [5, 5.41) is 1.08. The lowest BCUT2D eigenvalue weighted by Gasteiger charge is -2.23. The van der Waals surface area contributed by atoms with Gasteiger partial charge in [0.25, 0.3) is 0 Å². The number of aryl methyl sites for hydroxylation is 1. The molecule has 0 radical (unpaired) electrons. The van der Waals surface area contributed by atoms with Crippen molar-refractivity contribution in [2.75, 3.05) is 6.54 Å². The third-order valence-electron chi connectivity index (χ3n) is 5.25. The van der Waals surface area contributed by atoms with Crippen molar-refractivity contribution in [1.82, 2.24) is 4.31 Å². The molecule has 0 bridgehead atoms. The number of carbonyl (C=O) groups excluding carboxylic acids is 1. The fourth-order valence-electron chi connectivity index (χ4n) is 3.71. The second kappa shape index (κ2) is 8.45. The minimum absolute atomic E-state index is 0.0682. The van der Waals surface area contributed by atoms with Gasteiger partial charge in [0.1, 0.15) is 18.2 Å². The summed E-state index contributed by atoms with van der Waals surface area (Å²) in [6, 6.07) is 11.6. The third kappa shape index (κ3) is 4.37. The predicted molar refractivity (Wildman–Crippen MR) is 115 cm³/mol. The zero-order chi connectivity index (χ0) is 22.2. The van der Waals surface area contributed by atoms with Gasteiger partial charge in [0.2, 0.25) is 10.0 Å². The van der Waals surface area contributed by atoms with Gasteiger partial charge in [-0.1, -0.05) is 23.7 Å². The fraction of sp³-hybridized carbons (Fsp3) is 0.273. The standard InChI is InChI=1S/C22H20ClNO6S/c1-14-4-9-18-15(12-21(25)30-20(18)11-14)13-29-22(26)19-3-2-10-24(19)31(27,28)17-7-5-16(23)6-8-17/h4-9,11-12,19H,2-3,10,13H2,1H3/t19-/m1/s1. The molecule has 1 aliphatic rings. The first-order valence-electron chi connectivity index (χ1n) is 9.73. The molecule has 0 spiro atoms. The van der Waals surface area contributed by atoms with E-state index in [4.69, 9.17) is 20.8 Å². The van der Waals surface area contributed by atoms with Crippen molar-refractivity contribution >= 4 is 38.6 Å². The van der Waals surface area contributed by atoms with Gasteiger partial charge in [-0.2, -0.15) is 4.31 Å². The summed E-state index contributed by atoms with van der Waals surface area (Å²) < 4.78 is 37.8. The Bertz CT molecular complexity index is 1300. The number of sulfonamides is 1. The van der Waals surface area contributed by atoms with Crippen molar-refractivity contribution in [2.24, 2.45) is 0 Å². The van der Waals surface area contributed by atoms with Crippen LogP contribution < -0.4 is 5.63 Å². The van der Waals surface area contributed by atoms with Crippen LogP contribution in [0.2, 0.25) is 5.02 Å². The van der Waals surface area contributed by atoms with E-state index in [9.17, 15) is 18.0 Å². The largest absolute Gasteiger partial charge is 0.460 e. The molecular weight excluding hydrogens is 442 g/mol. The van der Waals surface area contributed by atoms with Crippen LogP contribution in [0.15, 0.2) is 62.6 Å². The van der Waals surface area contributed by atoms with Gasteiger partial charge in [-0.15, -0.1) is 0 Å². The van der Waals surface area contributed by atoms with E-state index in [2.05, 4.69) is 0 Å². The number of rotatable bonds is 5. The lowest BCUT2D eigenvalue weighted by molar-refractivity contribution is -0.148. The maximum absolute atomic E-state index is 13.0. The van der Waals surface area contributed by atoms with Gasteiger partial charge in [0.05, 0.1) is 4.90 Å². The van der Waals surface area contributed by atoms with Gasteiger partial charge in [0.15, 0.2) is 0 Å². The van der Waals surface area contributed by atoms with Crippen molar-refractivity contribution in [3.05, 3.63) is 75.1 Å². The van der Waals surface area contributed by atoms with E-state index in [0.29, 0.717) is 34.4 Å². The van der Waals surface area contributed by atoms with Crippen LogP contribution in [0.5, 0.6) is 0 Å². The highest BCUT2D eigenvalue weighted by Crippen LogP contribution is 2.28. The molecule has 1 aromatic heterocycles. The minimum Gasteiger partial charge on any atom is -0.460 e. The Morgan fingerprint density at radius 2 is 1.94 bits per heavy atom. The maximum atomic E-state index is 13.0. The molecule has 1 aliphatic heterocycles. The van der Waals surface area contributed by atoms with Crippen molar-refractivity contribution in [1.29, 1.82) is 0 Å². The van der Waals surface area contributed by atoms with Gasteiger partial charge in [-0.25, -0.2) is 13.2 Å². The molecule has 162 valence electrons. The molecule has 0 aliphatic carbocycles. The normalized spacial score (nSPS) is 17.2. The van der Waals surface area contributed by atoms with Gasteiger partial charge < -0.3 is 9.15 Å². The molecule has 1 fully saturated rings. The summed E-state index contributed by atoms with van der Waals surface area (Å²) in [5.74, 6) is -0.649. The number of nitrogens with zero attached hydrogens (tertiary/aromatic N) is 1. The van der Waals surface area contributed by atoms with E-state index < -0.39 is 27.7 Å². The molecule has 2 heterocycles. The number of hydrogen-bond donors (Lipinski definition) is 0. The molecule has 9 heteroatoms. The number of fused-ring (bicyclic) bond motifs is 1. The highest BCUT2D eigenvalue weighted by atomic mass is 35.5. The van der Waals surface area contributed by atoms with Crippen LogP contribution in [0, 0.1) is 6.92 Å². The highest BCUT2D eigenvalue weighted by molar-refractivity contribution is 7.89. The first-order valence-corrected chi connectivity index (χ1v) is 11.5. The average Bonchev–Trinajstić information content (AvgIpc) is 3.22. The van der Waals surface area contributed by atoms with Gasteiger partial charge in [-0.05, 0) is 55.7 Å². The molecule has 7 nitrogen and oxygen atoms in total. The second-order valence-electron chi connectivity index (χ2n) is 7.43. The van der Waals surface area contributed by atoms with Gasteiger partial charge >= 0.3 is 11.6 Å². The molecule has 0 amide bonds. The molecule has 31 heavy (non-hydrogen) atoms. The van der Waals surface area contributed by atoms with Crippen LogP contribution in [-0.4, -0.2) is 31.3 Å². The average molecular weight is 462 g/mol. The zero-order valence-electron chi connectivity index (χ0n) is 16.7. The van der Waals surface area contributed by atoms with E-state index in [0.717, 1.165) is 5.56 Å². The zero-order valence-corrected chi connectivity index (χ0v) is 18.3. The van der Waals surface area contributed by atoms with E-state index in [1.165, 1.54) is 34.6 Å². The first-order chi connectivity index (χ1) is 14.8. The van der Waals surface area contributed by atoms with Gasteiger partial charge in [0, 0.05) is 28.6 Å². The maximum Gasteiger partial charge on any atom is 0.336 e. The molecule has 1 saturated heterocycles. The number of halogens is 1. The Hall–Kier alpha value is -2.68. The second-order valence-corrected chi connectivity index (χ2v) is 9.75. The summed E-state index contributed by atoms with van der Waals surface area (Å²) >= 11 is 5.85. The van der Waals surface area contributed by atoms with Crippen LogP contribution in [0.25, 0.3) is 11.0 Å². The molecule has 0 N–H and O–H groups in total. The van der Waals surface area contributed by atoms with Crippen LogP contribution in [0.3, 0.4) is 0 Å². The Balaban J connectivity index is 1.54. The predicted octanol–water partition coefficient (Wildman–Crippen LogP) is 3.65. The van der Waals surface area contributed by atoms with E-state index in [1.54, 1.807) is 12.1 Å². The molecule has 2 aromatic carbocycles. The van der Waals surface area contributed by atoms with E-state index >= 15 is 0 Å². The fourth-order valence-corrected chi connectivity index (χ4v) is 5.48. The Morgan fingerprint density at radius 1 is 1.19 bits per heavy atom. The number of benzene rings is 2. The van der Waals surface area contributed by atoms with Crippen molar-refractivity contribution in [3.63, 3.8) is 0 Å². The summed E-state index contributed by atoms with van der Waals surface area (Å²) in [7, 11) is -3.87. The molecule has 1 atom stereocenters. The van der Waals surface area contributed by atoms with E-state index in [1.807, 2.05) is 13.0 Å². The minimum atomic E-state index is -3.87. The first kappa shape index (κ1) is 21.5. The number of hydrogen-bond acceptors (Lipinski definition) is 6. The highest BCUT2D eigenvalue weighted by Gasteiger charge is 2.40. The molecule has 0 unspecified atom stereocenters. The Kier molecular flexibility index (Phi) is 5.88. The van der Waals surface area contributed by atoms with Crippen LogP contribution in [0.4, 0.5) is 0 Å². The quantitative estimate of drug-likeness (QED) is 0.425. The van der Waals surface area contributed by atoms with Crippen LogP contribution in [0.1, 0.15) is 24.0 Å². The molecular formula is C22H20ClNO6S. The summed E-state index contributed by atoms with van der Waals surface area (Å²) in [6.07, 6.45) is 0.909.